The standard InChI is InChI=1S/C17H17FN2O3S/c1-17(23,14-3-2-10-24-14)11-19-15(21)8-9-16(22)20-13-6-4-12(18)5-7-13/h2-10,23H,11H2,1H3,(H,19,21)(H,20,22)/b9-8+. The van der Waals surface area contributed by atoms with Crippen LogP contribution in [-0.2, 0) is 15.2 Å². The minimum Gasteiger partial charge on any atom is -0.383 e. The quantitative estimate of drug-likeness (QED) is 0.702. The maximum atomic E-state index is 12.8. The van der Waals surface area contributed by atoms with Crippen molar-refractivity contribution >= 4 is 28.8 Å². The van der Waals surface area contributed by atoms with Gasteiger partial charge in [-0.1, -0.05) is 6.07 Å². The summed E-state index contributed by atoms with van der Waals surface area (Å²) in [5.74, 6) is -1.41. The topological polar surface area (TPSA) is 78.4 Å². The van der Waals surface area contributed by atoms with Crippen molar-refractivity contribution in [1.82, 2.24) is 5.32 Å². The molecule has 2 rings (SSSR count). The second-order valence-corrected chi connectivity index (χ2v) is 6.25. The molecule has 0 radical (unpaired) electrons. The Morgan fingerprint density at radius 3 is 2.50 bits per heavy atom. The highest BCUT2D eigenvalue weighted by molar-refractivity contribution is 7.10. The van der Waals surface area contributed by atoms with Crippen molar-refractivity contribution in [3.8, 4) is 0 Å². The highest BCUT2D eigenvalue weighted by atomic mass is 32.1. The van der Waals surface area contributed by atoms with Gasteiger partial charge in [0.1, 0.15) is 11.4 Å². The number of hydrogen-bond acceptors (Lipinski definition) is 4. The first-order valence-electron chi connectivity index (χ1n) is 7.16. The normalized spacial score (nSPS) is 13.5. The van der Waals surface area contributed by atoms with Crippen molar-refractivity contribution in [3.05, 3.63) is 64.6 Å². The summed E-state index contributed by atoms with van der Waals surface area (Å²) >= 11 is 1.39. The fraction of sp³-hybridized carbons (Fsp3) is 0.176. The van der Waals surface area contributed by atoms with Gasteiger partial charge in [-0.2, -0.15) is 0 Å². The Kier molecular flexibility index (Phi) is 5.83. The number of carbonyl (C=O) groups is 2. The Hall–Kier alpha value is -2.51. The number of halogens is 1. The van der Waals surface area contributed by atoms with E-state index in [1.54, 1.807) is 13.0 Å². The van der Waals surface area contributed by atoms with Crippen LogP contribution in [0.25, 0.3) is 0 Å². The predicted octanol–water partition coefficient (Wildman–Crippen LogP) is 2.41. The molecule has 7 heteroatoms. The monoisotopic (exact) mass is 348 g/mol. The first-order chi connectivity index (χ1) is 11.4. The number of thiophene rings is 1. The van der Waals surface area contributed by atoms with Gasteiger partial charge in [0.25, 0.3) is 0 Å². The zero-order valence-electron chi connectivity index (χ0n) is 13.0. The molecule has 24 heavy (non-hydrogen) atoms. The van der Waals surface area contributed by atoms with Gasteiger partial charge in [0.05, 0.1) is 6.54 Å². The van der Waals surface area contributed by atoms with Crippen molar-refractivity contribution in [2.24, 2.45) is 0 Å². The number of rotatable bonds is 6. The number of amides is 2. The molecule has 0 saturated carbocycles. The number of benzene rings is 1. The molecular weight excluding hydrogens is 331 g/mol. The van der Waals surface area contributed by atoms with Crippen LogP contribution < -0.4 is 10.6 Å². The third-order valence-corrected chi connectivity index (χ3v) is 4.28. The number of hydrogen-bond donors (Lipinski definition) is 3. The van der Waals surface area contributed by atoms with Gasteiger partial charge in [0.15, 0.2) is 0 Å². The minimum absolute atomic E-state index is 0.0241. The van der Waals surface area contributed by atoms with Crippen molar-refractivity contribution < 1.29 is 19.1 Å². The fourth-order valence-electron chi connectivity index (χ4n) is 1.86. The van der Waals surface area contributed by atoms with Gasteiger partial charge in [0, 0.05) is 22.7 Å². The maximum Gasteiger partial charge on any atom is 0.248 e. The van der Waals surface area contributed by atoms with Crippen molar-refractivity contribution in [2.75, 3.05) is 11.9 Å². The first-order valence-corrected chi connectivity index (χ1v) is 8.03. The van der Waals surface area contributed by atoms with Crippen molar-refractivity contribution in [1.29, 1.82) is 0 Å². The van der Waals surface area contributed by atoms with Crippen LogP contribution in [0.1, 0.15) is 11.8 Å². The van der Waals surface area contributed by atoms with E-state index in [1.807, 2.05) is 11.4 Å². The summed E-state index contributed by atoms with van der Waals surface area (Å²) in [6.07, 6.45) is 2.14. The first kappa shape index (κ1) is 17.8. The smallest absolute Gasteiger partial charge is 0.248 e. The van der Waals surface area contributed by atoms with Gasteiger partial charge in [-0.25, -0.2) is 4.39 Å². The lowest BCUT2D eigenvalue weighted by Gasteiger charge is -2.21. The molecular formula is C17H17FN2O3S. The van der Waals surface area contributed by atoms with Crippen LogP contribution in [0.4, 0.5) is 10.1 Å². The number of carbonyl (C=O) groups excluding carboxylic acids is 2. The van der Waals surface area contributed by atoms with Crippen LogP contribution in [0.15, 0.2) is 53.9 Å². The molecule has 5 nitrogen and oxygen atoms in total. The van der Waals surface area contributed by atoms with E-state index in [4.69, 9.17) is 0 Å². The summed E-state index contributed by atoms with van der Waals surface area (Å²) in [7, 11) is 0. The molecule has 0 bridgehead atoms. The van der Waals surface area contributed by atoms with Crippen LogP contribution in [-0.4, -0.2) is 23.5 Å². The Balaban J connectivity index is 1.82. The van der Waals surface area contributed by atoms with Gasteiger partial charge in [-0.05, 0) is 42.6 Å². The molecule has 0 aliphatic rings. The van der Waals surface area contributed by atoms with Gasteiger partial charge >= 0.3 is 0 Å². The van der Waals surface area contributed by atoms with Gasteiger partial charge < -0.3 is 15.7 Å². The van der Waals surface area contributed by atoms with E-state index < -0.39 is 23.2 Å². The Morgan fingerprint density at radius 2 is 1.88 bits per heavy atom. The Bertz CT molecular complexity index is 725. The Morgan fingerprint density at radius 1 is 1.21 bits per heavy atom. The third-order valence-electron chi connectivity index (χ3n) is 3.16. The molecule has 1 unspecified atom stereocenters. The van der Waals surface area contributed by atoms with Crippen LogP contribution in [0, 0.1) is 5.82 Å². The average molecular weight is 348 g/mol. The molecule has 0 saturated heterocycles. The molecule has 0 spiro atoms. The van der Waals surface area contributed by atoms with E-state index in [0.29, 0.717) is 5.69 Å². The largest absolute Gasteiger partial charge is 0.383 e. The molecule has 1 aromatic heterocycles. The summed E-state index contributed by atoms with van der Waals surface area (Å²) in [6, 6.07) is 8.87. The fourth-order valence-corrected chi connectivity index (χ4v) is 2.65. The second-order valence-electron chi connectivity index (χ2n) is 5.30. The zero-order valence-corrected chi connectivity index (χ0v) is 13.8. The van der Waals surface area contributed by atoms with E-state index in [9.17, 15) is 19.1 Å². The van der Waals surface area contributed by atoms with Crippen molar-refractivity contribution in [3.63, 3.8) is 0 Å². The van der Waals surface area contributed by atoms with E-state index in [2.05, 4.69) is 10.6 Å². The summed E-state index contributed by atoms with van der Waals surface area (Å²) in [4.78, 5) is 24.1. The molecule has 2 amide bonds. The predicted molar refractivity (Wildman–Crippen MR) is 91.1 cm³/mol. The van der Waals surface area contributed by atoms with Gasteiger partial charge in [-0.15, -0.1) is 11.3 Å². The molecule has 1 heterocycles. The van der Waals surface area contributed by atoms with E-state index in [-0.39, 0.29) is 6.54 Å². The average Bonchev–Trinajstić information content (AvgIpc) is 3.09. The SMILES string of the molecule is CC(O)(CNC(=O)/C=C/C(=O)Nc1ccc(F)cc1)c1cccs1. The number of anilines is 1. The summed E-state index contributed by atoms with van der Waals surface area (Å²) < 4.78 is 12.8. The molecule has 2 aromatic rings. The highest BCUT2D eigenvalue weighted by Gasteiger charge is 2.24. The maximum absolute atomic E-state index is 12.8. The van der Waals surface area contributed by atoms with Crippen LogP contribution in [0.5, 0.6) is 0 Å². The second kappa shape index (κ2) is 7.85. The molecule has 1 aromatic carbocycles. The lowest BCUT2D eigenvalue weighted by atomic mass is 10.1. The van der Waals surface area contributed by atoms with Crippen molar-refractivity contribution in [2.45, 2.75) is 12.5 Å². The number of aliphatic hydroxyl groups is 1. The van der Waals surface area contributed by atoms with E-state index in [0.717, 1.165) is 17.0 Å². The molecule has 1 atom stereocenters. The molecule has 126 valence electrons. The molecule has 0 aliphatic carbocycles. The van der Waals surface area contributed by atoms with Crippen LogP contribution in [0.2, 0.25) is 0 Å². The van der Waals surface area contributed by atoms with Crippen LogP contribution in [0.3, 0.4) is 0 Å². The molecule has 3 N–H and O–H groups in total. The minimum atomic E-state index is -1.17. The van der Waals surface area contributed by atoms with E-state index in [1.165, 1.54) is 35.6 Å². The molecule has 0 fully saturated rings. The van der Waals surface area contributed by atoms with E-state index >= 15 is 0 Å². The van der Waals surface area contributed by atoms with Gasteiger partial charge in [-0.3, -0.25) is 9.59 Å². The van der Waals surface area contributed by atoms with Crippen LogP contribution >= 0.6 is 11.3 Å². The number of nitrogens with one attached hydrogen (secondary N) is 2. The lowest BCUT2D eigenvalue weighted by molar-refractivity contribution is -0.118. The van der Waals surface area contributed by atoms with Gasteiger partial charge in [0.2, 0.25) is 11.8 Å². The highest BCUT2D eigenvalue weighted by Crippen LogP contribution is 2.24. The lowest BCUT2D eigenvalue weighted by Crippen LogP contribution is -2.37. The zero-order chi connectivity index (χ0) is 17.6. The molecule has 0 aliphatic heterocycles. The summed E-state index contributed by atoms with van der Waals surface area (Å²) in [6.45, 7) is 1.63. The summed E-state index contributed by atoms with van der Waals surface area (Å²) in [5, 5.41) is 17.2. The third kappa shape index (κ3) is 5.29. The summed E-state index contributed by atoms with van der Waals surface area (Å²) in [5.41, 5.74) is -0.749. The Labute approximate surface area is 142 Å².